The number of benzene rings is 9. The van der Waals surface area contributed by atoms with E-state index in [1.165, 1.54) is 21.7 Å². The average molecular weight is 678 g/mol. The lowest BCUT2D eigenvalue weighted by Crippen LogP contribution is -2.11. The fourth-order valence-corrected chi connectivity index (χ4v) is 8.31. The Bertz CT molecular complexity index is 3200. The van der Waals surface area contributed by atoms with Crippen LogP contribution in [0.15, 0.2) is 197 Å². The van der Waals surface area contributed by atoms with Crippen LogP contribution < -0.4 is 4.90 Å². The molecule has 0 unspecified atom stereocenters. The van der Waals surface area contributed by atoms with Crippen LogP contribution in [-0.4, -0.2) is 0 Å². The first kappa shape index (κ1) is 29.6. The van der Waals surface area contributed by atoms with Gasteiger partial charge in [-0.15, -0.1) is 0 Å². The summed E-state index contributed by atoms with van der Waals surface area (Å²) in [4.78, 5) is 2.41. The number of rotatable bonds is 5. The van der Waals surface area contributed by atoms with Crippen LogP contribution in [0.1, 0.15) is 0 Å². The summed E-state index contributed by atoms with van der Waals surface area (Å²) in [5.41, 5.74) is 11.2. The third kappa shape index (κ3) is 4.61. The van der Waals surface area contributed by atoms with Crippen molar-refractivity contribution in [1.82, 2.24) is 0 Å². The number of hydrogen-bond donors (Lipinski definition) is 0. The van der Waals surface area contributed by atoms with Gasteiger partial charge in [0.2, 0.25) is 0 Å². The van der Waals surface area contributed by atoms with Gasteiger partial charge in [0, 0.05) is 32.8 Å². The first-order valence-electron chi connectivity index (χ1n) is 18.0. The van der Waals surface area contributed by atoms with E-state index in [1.807, 2.05) is 12.1 Å². The average Bonchev–Trinajstić information content (AvgIpc) is 3.81. The lowest BCUT2D eigenvalue weighted by Gasteiger charge is -2.29. The first-order valence-corrected chi connectivity index (χ1v) is 18.0. The maximum absolute atomic E-state index is 6.67. The van der Waals surface area contributed by atoms with Gasteiger partial charge in [-0.25, -0.2) is 0 Å². The normalized spacial score (nSPS) is 11.8. The number of furan rings is 2. The van der Waals surface area contributed by atoms with E-state index in [9.17, 15) is 0 Å². The highest BCUT2D eigenvalue weighted by Crippen LogP contribution is 2.48. The van der Waals surface area contributed by atoms with Gasteiger partial charge in [-0.05, 0) is 81.4 Å². The van der Waals surface area contributed by atoms with Crippen molar-refractivity contribution >= 4 is 82.5 Å². The van der Waals surface area contributed by atoms with E-state index in [1.54, 1.807) is 0 Å². The lowest BCUT2D eigenvalue weighted by molar-refractivity contribution is 0.669. The Morgan fingerprint density at radius 3 is 1.85 bits per heavy atom. The Kier molecular flexibility index (Phi) is 6.55. The van der Waals surface area contributed by atoms with Gasteiger partial charge >= 0.3 is 0 Å². The molecule has 0 bridgehead atoms. The zero-order valence-electron chi connectivity index (χ0n) is 28.7. The summed E-state index contributed by atoms with van der Waals surface area (Å²) in [5.74, 6) is 0. The number of nitrogens with zero attached hydrogens (tertiary/aromatic N) is 1. The quantitative estimate of drug-likeness (QED) is 0.182. The zero-order chi connectivity index (χ0) is 34.9. The molecule has 53 heavy (non-hydrogen) atoms. The minimum Gasteiger partial charge on any atom is -0.456 e. The standard InChI is InChI=1S/C50H31NO2/c1-3-18-36-32(13-1)15-10-22-37(36)34-16-9-17-35(31-34)51(44-25-12-28-47-49(44)41-21-6-8-26-45(41)52-47)43-24-7-5-20-39(43)40-23-11-27-46-48(40)42-30-29-33-14-2-4-19-38(33)50(42)53-46/h1-31H. The van der Waals surface area contributed by atoms with Crippen molar-refractivity contribution in [3.63, 3.8) is 0 Å². The second-order valence-electron chi connectivity index (χ2n) is 13.6. The Labute approximate surface area is 305 Å². The van der Waals surface area contributed by atoms with E-state index >= 15 is 0 Å². The molecule has 3 nitrogen and oxygen atoms in total. The summed E-state index contributed by atoms with van der Waals surface area (Å²) in [6, 6.07) is 66.8. The van der Waals surface area contributed by atoms with Crippen LogP contribution in [0.25, 0.3) is 87.7 Å². The summed E-state index contributed by atoms with van der Waals surface area (Å²) in [6.45, 7) is 0. The molecule has 0 aliphatic heterocycles. The van der Waals surface area contributed by atoms with Crippen molar-refractivity contribution in [2.45, 2.75) is 0 Å². The fraction of sp³-hybridized carbons (Fsp3) is 0. The molecule has 0 radical (unpaired) electrons. The highest BCUT2D eigenvalue weighted by Gasteiger charge is 2.24. The molecule has 0 amide bonds. The van der Waals surface area contributed by atoms with Crippen LogP contribution in [-0.2, 0) is 0 Å². The van der Waals surface area contributed by atoms with Gasteiger partial charge in [-0.3, -0.25) is 0 Å². The lowest BCUT2D eigenvalue weighted by atomic mass is 9.95. The molecule has 11 rings (SSSR count). The topological polar surface area (TPSA) is 29.5 Å². The van der Waals surface area contributed by atoms with Gasteiger partial charge in [0.15, 0.2) is 0 Å². The molecule has 2 aromatic heterocycles. The molecule has 11 aromatic rings. The van der Waals surface area contributed by atoms with Crippen molar-refractivity contribution in [1.29, 1.82) is 0 Å². The number of hydrogen-bond acceptors (Lipinski definition) is 3. The maximum Gasteiger partial charge on any atom is 0.143 e. The maximum atomic E-state index is 6.67. The number of para-hydroxylation sites is 2. The van der Waals surface area contributed by atoms with E-state index in [2.05, 4.69) is 181 Å². The second-order valence-corrected chi connectivity index (χ2v) is 13.6. The fourth-order valence-electron chi connectivity index (χ4n) is 8.31. The Morgan fingerprint density at radius 1 is 0.340 bits per heavy atom. The molecular formula is C50H31NO2. The predicted molar refractivity (Wildman–Crippen MR) is 222 cm³/mol. The molecule has 0 saturated heterocycles. The van der Waals surface area contributed by atoms with Gasteiger partial charge < -0.3 is 13.7 Å². The predicted octanol–water partition coefficient (Wildman–Crippen LogP) is 14.6. The molecule has 0 saturated carbocycles. The highest BCUT2D eigenvalue weighted by molar-refractivity contribution is 6.20. The summed E-state index contributed by atoms with van der Waals surface area (Å²) in [7, 11) is 0. The van der Waals surface area contributed by atoms with Crippen LogP contribution >= 0.6 is 0 Å². The Morgan fingerprint density at radius 2 is 0.943 bits per heavy atom. The van der Waals surface area contributed by atoms with Crippen molar-refractivity contribution in [2.24, 2.45) is 0 Å². The van der Waals surface area contributed by atoms with Gasteiger partial charge in [-0.2, -0.15) is 0 Å². The van der Waals surface area contributed by atoms with E-state index in [-0.39, 0.29) is 0 Å². The monoisotopic (exact) mass is 677 g/mol. The summed E-state index contributed by atoms with van der Waals surface area (Å²) in [6.07, 6.45) is 0. The van der Waals surface area contributed by atoms with Gasteiger partial charge in [-0.1, -0.05) is 140 Å². The molecule has 2 heterocycles. The van der Waals surface area contributed by atoms with Crippen LogP contribution in [0.5, 0.6) is 0 Å². The molecule has 0 aliphatic carbocycles. The van der Waals surface area contributed by atoms with Gasteiger partial charge in [0.25, 0.3) is 0 Å². The zero-order valence-corrected chi connectivity index (χ0v) is 28.7. The van der Waals surface area contributed by atoms with Crippen molar-refractivity contribution in [2.75, 3.05) is 4.90 Å². The highest BCUT2D eigenvalue weighted by atomic mass is 16.3. The molecular weight excluding hydrogens is 647 g/mol. The molecule has 0 N–H and O–H groups in total. The molecule has 3 heteroatoms. The summed E-state index contributed by atoms with van der Waals surface area (Å²) in [5, 5.41) is 9.11. The SMILES string of the molecule is c1cc(-c2cccc3ccccc23)cc(N(c2ccccc2-c2cccc3oc4c5ccccc5ccc4c23)c2cccc3oc4ccccc4c23)c1. The molecule has 9 aromatic carbocycles. The van der Waals surface area contributed by atoms with E-state index < -0.39 is 0 Å². The van der Waals surface area contributed by atoms with E-state index in [4.69, 9.17) is 8.83 Å². The van der Waals surface area contributed by atoms with Crippen molar-refractivity contribution in [3.8, 4) is 22.3 Å². The molecule has 248 valence electrons. The summed E-state index contributed by atoms with van der Waals surface area (Å²) < 4.78 is 13.1. The molecule has 0 fully saturated rings. The molecule has 0 spiro atoms. The van der Waals surface area contributed by atoms with Crippen molar-refractivity contribution < 1.29 is 8.83 Å². The second kappa shape index (κ2) is 11.7. The smallest absolute Gasteiger partial charge is 0.143 e. The Hall–Kier alpha value is -7.10. The van der Waals surface area contributed by atoms with Gasteiger partial charge in [0.1, 0.15) is 22.3 Å². The van der Waals surface area contributed by atoms with Crippen LogP contribution in [0.3, 0.4) is 0 Å². The molecule has 0 aliphatic rings. The minimum atomic E-state index is 0.853. The van der Waals surface area contributed by atoms with E-state index in [0.717, 1.165) is 83.0 Å². The number of anilines is 3. The van der Waals surface area contributed by atoms with E-state index in [0.29, 0.717) is 0 Å². The van der Waals surface area contributed by atoms with Crippen LogP contribution in [0.4, 0.5) is 17.1 Å². The van der Waals surface area contributed by atoms with Crippen LogP contribution in [0.2, 0.25) is 0 Å². The Balaban J connectivity index is 1.20. The third-order valence-corrected chi connectivity index (χ3v) is 10.6. The van der Waals surface area contributed by atoms with Crippen LogP contribution in [0, 0.1) is 0 Å². The summed E-state index contributed by atoms with van der Waals surface area (Å²) >= 11 is 0. The number of fused-ring (bicyclic) bond motifs is 9. The first-order chi connectivity index (χ1) is 26.3. The third-order valence-electron chi connectivity index (χ3n) is 10.6. The largest absolute Gasteiger partial charge is 0.456 e. The van der Waals surface area contributed by atoms with Gasteiger partial charge in [0.05, 0.1) is 16.8 Å². The molecule has 0 atom stereocenters. The minimum absolute atomic E-state index is 0.853. The van der Waals surface area contributed by atoms with Crippen molar-refractivity contribution in [3.05, 3.63) is 188 Å².